The minimum atomic E-state index is -0.218. The van der Waals surface area contributed by atoms with E-state index in [0.717, 1.165) is 62.5 Å². The van der Waals surface area contributed by atoms with Crippen LogP contribution in [0.1, 0.15) is 37.6 Å². The lowest BCUT2D eigenvalue weighted by Gasteiger charge is -2.11. The van der Waals surface area contributed by atoms with Crippen LogP contribution in [0.2, 0.25) is 0 Å². The van der Waals surface area contributed by atoms with Gasteiger partial charge in [-0.2, -0.15) is 5.10 Å². The molecule has 152 valence electrons. The molecule has 7 nitrogen and oxygen atoms in total. The summed E-state index contributed by atoms with van der Waals surface area (Å²) < 4.78 is 16.3. The van der Waals surface area contributed by atoms with Crippen LogP contribution < -0.4 is 16.3 Å². The third kappa shape index (κ3) is 5.43. The Kier molecular flexibility index (Phi) is 7.22. The van der Waals surface area contributed by atoms with Crippen LogP contribution >= 0.6 is 0 Å². The van der Waals surface area contributed by atoms with E-state index >= 15 is 0 Å². The number of benzene rings is 1. The van der Waals surface area contributed by atoms with Crippen molar-refractivity contribution in [3.8, 4) is 0 Å². The van der Waals surface area contributed by atoms with Gasteiger partial charge in [0.1, 0.15) is 11.6 Å². The molecule has 1 aromatic heterocycles. The van der Waals surface area contributed by atoms with Crippen molar-refractivity contribution in [3.63, 3.8) is 0 Å². The molecule has 2 heterocycles. The molecule has 3 rings (SSSR count). The van der Waals surface area contributed by atoms with Gasteiger partial charge in [-0.3, -0.25) is 9.56 Å². The second-order valence-corrected chi connectivity index (χ2v) is 6.95. The van der Waals surface area contributed by atoms with Gasteiger partial charge in [-0.15, -0.1) is 0 Å². The molecule has 2 aromatic rings. The molecule has 0 radical (unpaired) electrons. The normalized spacial score (nSPS) is 14.0. The smallest absolute Gasteiger partial charge is 0.345 e. The summed E-state index contributed by atoms with van der Waals surface area (Å²) in [5.41, 5.74) is 1.08. The minimum absolute atomic E-state index is 0.00279. The van der Waals surface area contributed by atoms with Gasteiger partial charge < -0.3 is 10.6 Å². The summed E-state index contributed by atoms with van der Waals surface area (Å²) in [4.78, 5) is 16.9. The molecule has 0 bridgehead atoms. The van der Waals surface area contributed by atoms with E-state index in [1.165, 1.54) is 12.1 Å². The zero-order chi connectivity index (χ0) is 19.8. The molecular weight excluding hydrogens is 359 g/mol. The standard InChI is InChI=1S/C20H29FN6O/c1-2-22-19(24-13-11-16-7-9-17(21)10-8-16)23-12-5-15-27-20(28)26-14-4-3-6-18(26)25-27/h7-10H,2-6,11-15H2,1H3,(H2,22,23,24). The maximum absolute atomic E-state index is 13.0. The van der Waals surface area contributed by atoms with Crippen molar-refractivity contribution >= 4 is 5.96 Å². The average Bonchev–Trinajstić information content (AvgIpc) is 3.03. The van der Waals surface area contributed by atoms with Gasteiger partial charge in [-0.05, 0) is 50.3 Å². The predicted octanol–water partition coefficient (Wildman–Crippen LogP) is 1.71. The highest BCUT2D eigenvalue weighted by atomic mass is 19.1. The van der Waals surface area contributed by atoms with Crippen molar-refractivity contribution in [2.24, 2.45) is 4.99 Å². The van der Waals surface area contributed by atoms with Crippen LogP contribution in [-0.4, -0.2) is 39.9 Å². The molecule has 0 fully saturated rings. The summed E-state index contributed by atoms with van der Waals surface area (Å²) in [5, 5.41) is 11.0. The molecule has 2 N–H and O–H groups in total. The summed E-state index contributed by atoms with van der Waals surface area (Å²) in [6, 6.07) is 6.54. The Labute approximate surface area is 164 Å². The lowest BCUT2D eigenvalue weighted by molar-refractivity contribution is 0.509. The van der Waals surface area contributed by atoms with Crippen molar-refractivity contribution in [2.75, 3.05) is 19.6 Å². The van der Waals surface area contributed by atoms with Gasteiger partial charge in [0.15, 0.2) is 5.96 Å². The first-order valence-corrected chi connectivity index (χ1v) is 10.1. The fourth-order valence-electron chi connectivity index (χ4n) is 3.32. The van der Waals surface area contributed by atoms with Crippen molar-refractivity contribution in [1.82, 2.24) is 25.0 Å². The van der Waals surface area contributed by atoms with Crippen LogP contribution in [-0.2, 0) is 25.9 Å². The Hall–Kier alpha value is -2.64. The third-order valence-electron chi connectivity index (χ3n) is 4.79. The van der Waals surface area contributed by atoms with Gasteiger partial charge in [0.2, 0.25) is 0 Å². The molecule has 0 atom stereocenters. The number of hydrogen-bond donors (Lipinski definition) is 2. The summed E-state index contributed by atoms with van der Waals surface area (Å²) in [7, 11) is 0. The number of nitrogens with zero attached hydrogens (tertiary/aromatic N) is 4. The molecule has 0 saturated carbocycles. The van der Waals surface area contributed by atoms with Crippen molar-refractivity contribution in [2.45, 2.75) is 52.1 Å². The number of nitrogens with one attached hydrogen (secondary N) is 2. The predicted molar refractivity (Wildman–Crippen MR) is 108 cm³/mol. The van der Waals surface area contributed by atoms with Crippen LogP contribution in [0.4, 0.5) is 4.39 Å². The largest absolute Gasteiger partial charge is 0.357 e. The van der Waals surface area contributed by atoms with E-state index in [2.05, 4.69) is 20.7 Å². The Morgan fingerprint density at radius 1 is 1.25 bits per heavy atom. The van der Waals surface area contributed by atoms with Crippen molar-refractivity contribution in [1.29, 1.82) is 0 Å². The van der Waals surface area contributed by atoms with E-state index in [1.54, 1.807) is 21.4 Å². The molecule has 28 heavy (non-hydrogen) atoms. The van der Waals surface area contributed by atoms with Crippen LogP contribution in [0.25, 0.3) is 0 Å². The average molecular weight is 388 g/mol. The number of guanidine groups is 1. The number of aromatic nitrogens is 3. The molecule has 0 unspecified atom stereocenters. The van der Waals surface area contributed by atoms with E-state index in [-0.39, 0.29) is 11.5 Å². The van der Waals surface area contributed by atoms with Gasteiger partial charge in [0.05, 0.1) is 0 Å². The third-order valence-corrected chi connectivity index (χ3v) is 4.79. The number of hydrogen-bond acceptors (Lipinski definition) is 3. The fraction of sp³-hybridized carbons (Fsp3) is 0.550. The molecule has 1 aliphatic heterocycles. The molecule has 1 aromatic carbocycles. The van der Waals surface area contributed by atoms with Crippen molar-refractivity contribution < 1.29 is 4.39 Å². The Balaban J connectivity index is 1.45. The van der Waals surface area contributed by atoms with Gasteiger partial charge in [0, 0.05) is 39.1 Å². The van der Waals surface area contributed by atoms with E-state index < -0.39 is 0 Å². The number of aryl methyl sites for hydroxylation is 2. The number of fused-ring (bicyclic) bond motifs is 1. The summed E-state index contributed by atoms with van der Waals surface area (Å²) in [5.74, 6) is 1.45. The van der Waals surface area contributed by atoms with Gasteiger partial charge in [-0.1, -0.05) is 12.1 Å². The topological polar surface area (TPSA) is 76.2 Å². The first-order chi connectivity index (χ1) is 13.7. The van der Waals surface area contributed by atoms with Gasteiger partial charge in [0.25, 0.3) is 0 Å². The fourth-order valence-corrected chi connectivity index (χ4v) is 3.32. The Bertz CT molecular complexity index is 839. The lowest BCUT2D eigenvalue weighted by Crippen LogP contribution is -2.38. The zero-order valence-electron chi connectivity index (χ0n) is 16.5. The first kappa shape index (κ1) is 20.1. The van der Waals surface area contributed by atoms with Gasteiger partial charge in [-0.25, -0.2) is 13.9 Å². The second kappa shape index (κ2) is 10.1. The maximum Gasteiger partial charge on any atom is 0.345 e. The van der Waals surface area contributed by atoms with Crippen LogP contribution in [0.15, 0.2) is 34.1 Å². The first-order valence-electron chi connectivity index (χ1n) is 10.1. The Morgan fingerprint density at radius 2 is 2.07 bits per heavy atom. The Morgan fingerprint density at radius 3 is 2.82 bits per heavy atom. The summed E-state index contributed by atoms with van der Waals surface area (Å²) in [6.45, 7) is 5.49. The molecule has 1 aliphatic rings. The summed E-state index contributed by atoms with van der Waals surface area (Å²) >= 11 is 0. The van der Waals surface area contributed by atoms with Gasteiger partial charge >= 0.3 is 5.69 Å². The number of rotatable bonds is 8. The highest BCUT2D eigenvalue weighted by molar-refractivity contribution is 5.79. The zero-order valence-corrected chi connectivity index (χ0v) is 16.5. The summed E-state index contributed by atoms with van der Waals surface area (Å²) in [6.07, 6.45) is 4.60. The minimum Gasteiger partial charge on any atom is -0.357 e. The van der Waals surface area contributed by atoms with E-state index in [9.17, 15) is 9.18 Å². The van der Waals surface area contributed by atoms with Crippen LogP contribution in [0, 0.1) is 5.82 Å². The van der Waals surface area contributed by atoms with Crippen molar-refractivity contribution in [3.05, 3.63) is 52.0 Å². The molecule has 0 aliphatic carbocycles. The molecular formula is C20H29FN6O. The highest BCUT2D eigenvalue weighted by Gasteiger charge is 2.16. The monoisotopic (exact) mass is 388 g/mol. The lowest BCUT2D eigenvalue weighted by atomic mass is 10.1. The number of halogens is 1. The SMILES string of the molecule is CCNC(=NCCCn1nc2n(c1=O)CCCC2)NCCc1ccc(F)cc1. The van der Waals surface area contributed by atoms with E-state index in [4.69, 9.17) is 0 Å². The van der Waals surface area contributed by atoms with E-state index in [1.807, 2.05) is 6.92 Å². The van der Waals surface area contributed by atoms with E-state index in [0.29, 0.717) is 19.6 Å². The highest BCUT2D eigenvalue weighted by Crippen LogP contribution is 2.09. The molecule has 0 spiro atoms. The van der Waals surface area contributed by atoms with Crippen LogP contribution in [0.5, 0.6) is 0 Å². The molecule has 0 amide bonds. The second-order valence-electron chi connectivity index (χ2n) is 6.95. The number of aliphatic imine (C=N–C) groups is 1. The van der Waals surface area contributed by atoms with Crippen LogP contribution in [0.3, 0.4) is 0 Å². The maximum atomic E-state index is 13.0. The molecule has 8 heteroatoms. The quantitative estimate of drug-likeness (QED) is 0.410. The molecule has 0 saturated heterocycles.